The van der Waals surface area contributed by atoms with E-state index in [0.29, 0.717) is 40.1 Å². The molecular weight excluding hydrogens is 1520 g/mol. The normalized spacial score (nSPS) is 17.8. The van der Waals surface area contributed by atoms with Gasteiger partial charge in [-0.2, -0.15) is 11.8 Å². The lowest BCUT2D eigenvalue weighted by atomic mass is 9.99. The minimum absolute atomic E-state index is 0.0139. The summed E-state index contributed by atoms with van der Waals surface area (Å²) in [5, 5.41) is 67.2. The summed E-state index contributed by atoms with van der Waals surface area (Å²) >= 11 is 8.04. The van der Waals surface area contributed by atoms with Gasteiger partial charge in [0.2, 0.25) is 70.9 Å². The van der Waals surface area contributed by atoms with Gasteiger partial charge in [-0.05, 0) is 140 Å². The number of aliphatic hydroxyl groups is 1. The Morgan fingerprint density at radius 3 is 1.77 bits per heavy atom. The van der Waals surface area contributed by atoms with E-state index in [-0.39, 0.29) is 144 Å². The van der Waals surface area contributed by atoms with Crippen LogP contribution in [-0.2, 0) is 83.2 Å². The fraction of sp³-hybridized carbons (Fsp3) is 0.487. The molecule has 4 aromatic carbocycles. The molecule has 0 spiro atoms. The zero-order valence-corrected chi connectivity index (χ0v) is 66.5. The highest BCUT2D eigenvalue weighted by atomic mass is 35.5. The van der Waals surface area contributed by atoms with Gasteiger partial charge >= 0.3 is 6.03 Å². The van der Waals surface area contributed by atoms with Gasteiger partial charge in [0, 0.05) is 87.1 Å². The second-order valence-electron chi connectivity index (χ2n) is 29.7. The molecule has 33 nitrogen and oxygen atoms in total. The van der Waals surface area contributed by atoms with Crippen molar-refractivity contribution < 1.29 is 72.5 Å². The van der Waals surface area contributed by atoms with Crippen molar-refractivity contribution in [3.63, 3.8) is 0 Å². The van der Waals surface area contributed by atoms with Crippen molar-refractivity contribution in [2.75, 3.05) is 32.0 Å². The van der Waals surface area contributed by atoms with Gasteiger partial charge in [-0.1, -0.05) is 105 Å². The van der Waals surface area contributed by atoms with E-state index in [2.05, 4.69) is 74.1 Å². The minimum Gasteiger partial charge on any atom is -0.508 e. The van der Waals surface area contributed by atoms with Crippen molar-refractivity contribution in [2.45, 2.75) is 208 Å². The van der Waals surface area contributed by atoms with Crippen molar-refractivity contribution >= 4 is 117 Å². The van der Waals surface area contributed by atoms with Crippen molar-refractivity contribution in [3.8, 4) is 5.75 Å². The number of nitrogens with two attached hydrogens (primary N) is 2. The van der Waals surface area contributed by atoms with Crippen LogP contribution in [0.5, 0.6) is 5.75 Å². The Kier molecular flexibility index (Phi) is 34.6. The molecule has 14 amide bonds. The maximum Gasteiger partial charge on any atom is 0.315 e. The molecule has 8 rings (SSSR count). The number of nitrogens with one attached hydrogen (secondary N) is 14. The number of hydrogen-bond acceptors (Lipinski definition) is 18. The number of carbonyl (C=O) groups excluding carboxylic acids is 13. The number of likely N-dealkylation sites (tertiary alicyclic amines) is 1. The highest BCUT2D eigenvalue weighted by molar-refractivity contribution is 8.00. The number of nitrogens with zero attached hydrogens (tertiary/aromatic N) is 2. The average Bonchev–Trinajstić information content (AvgIpc) is 1.72. The van der Waals surface area contributed by atoms with E-state index >= 15 is 9.59 Å². The number of amides is 14. The molecule has 620 valence electrons. The molecule has 0 saturated carbocycles. The van der Waals surface area contributed by atoms with Crippen molar-refractivity contribution in [3.05, 3.63) is 143 Å². The van der Waals surface area contributed by atoms with Crippen LogP contribution >= 0.6 is 23.4 Å². The third-order valence-corrected chi connectivity index (χ3v) is 21.8. The quantitative estimate of drug-likeness (QED) is 0.0112. The van der Waals surface area contributed by atoms with Gasteiger partial charge in [-0.3, -0.25) is 67.9 Å². The monoisotopic (exact) mass is 1630 g/mol. The van der Waals surface area contributed by atoms with Gasteiger partial charge in [0.05, 0.1) is 18.7 Å². The maximum absolute atomic E-state index is 15.2. The number of carbonyl (C=O) groups is 13. The first-order valence-corrected chi connectivity index (χ1v) is 40.3. The first-order valence-electron chi connectivity index (χ1n) is 38.8. The molecule has 0 radical (unpaired) electrons. The number of guanidine groups is 1. The highest BCUT2D eigenvalue weighted by Gasteiger charge is 2.44. The SMILES string of the molecule is CC(=O)N[C@H](Cc1ccc2ccccc2c1)C(=O)N[C@H](Cc1ccc(Cl)cc1)C(=O)N[C@H](Cc1cccnc1)C(=O)N[C@@H](CO)C(=O)N[C@@H](Cc1ccc(O)cc1)C(=O)N[C@H](CCCCNC(=O)CCCC[C@@H]1SC[C@H]2NC(=O)N[C@H]12)C(=O)N[C@@H](CC(C)C)C(=O)N[C@@H](CCCNC(=N)N)C(=O)N1CCC[C@H]1C(=O)NC(C)C(N)=O. The number of rotatable bonds is 44. The van der Waals surface area contributed by atoms with Crippen LogP contribution < -0.4 is 80.6 Å². The Morgan fingerprint density at radius 1 is 0.600 bits per heavy atom. The molecule has 3 saturated heterocycles. The fourth-order valence-corrected chi connectivity index (χ4v) is 15.6. The Morgan fingerprint density at radius 2 is 1.15 bits per heavy atom. The van der Waals surface area contributed by atoms with Crippen LogP contribution in [0.4, 0.5) is 4.79 Å². The zero-order chi connectivity index (χ0) is 83.3. The summed E-state index contributed by atoms with van der Waals surface area (Å²) < 4.78 is 0. The summed E-state index contributed by atoms with van der Waals surface area (Å²) in [6, 6.07) is 14.4. The van der Waals surface area contributed by atoms with Gasteiger partial charge in [0.15, 0.2) is 5.96 Å². The molecule has 1 aromatic heterocycles. The largest absolute Gasteiger partial charge is 0.508 e. The number of aromatic nitrogens is 1. The van der Waals surface area contributed by atoms with Crippen LogP contribution in [0.1, 0.15) is 127 Å². The standard InChI is InChI=1S/C80H107ClN18O15S/c1-45(2)36-58(71(106)91-57(18-12-34-87-79(83)84)78(113)99-35-13-19-65(99)77(112)88-46(3)69(82)104)92-70(105)56(17-9-10-33-86-67(103)21-8-7-20-66-68-64(44-115-66)97-80(114)98-68)90-73(108)60(39-49-25-30-55(102)31-26-49)95-76(111)63(43-100)96-75(110)62(41-51-14-11-32-85-42-51)94-74(109)61(38-48-23-28-54(81)29-24-48)93-72(107)59(89-47(4)101)40-50-22-27-52-15-5-6-16-53(52)37-50/h5-6,11,14-16,22-32,37,42,45-46,56-66,68,100,102H,7-10,12-13,17-21,33-36,38-41,43-44H2,1-4H3,(H2,82,104)(H,86,103)(H,88,112)(H,89,101)(H,90,108)(H,91,106)(H,92,105)(H,93,107)(H,94,109)(H,95,111)(H,96,110)(H4,83,84,87)(H2,97,98,114)/t46?,56-,57+,58+,59-,60+,61-,62-,63+,64-,65+,66+,68+/m1/s1. The molecule has 1 unspecified atom stereocenters. The summed E-state index contributed by atoms with van der Waals surface area (Å²) in [6.07, 6.45) is 5.68. The van der Waals surface area contributed by atoms with E-state index in [0.717, 1.165) is 29.4 Å². The van der Waals surface area contributed by atoms with E-state index in [1.807, 2.05) is 42.5 Å². The summed E-state index contributed by atoms with van der Waals surface area (Å²) in [5.41, 5.74) is 13.0. The van der Waals surface area contributed by atoms with Gasteiger partial charge in [-0.25, -0.2) is 4.79 Å². The number of fused-ring (bicyclic) bond motifs is 2. The Bertz CT molecular complexity index is 4230. The summed E-state index contributed by atoms with van der Waals surface area (Å²) in [7, 11) is 0. The molecule has 3 fully saturated rings. The number of pyridine rings is 1. The number of phenols is 1. The first kappa shape index (κ1) is 89.4. The van der Waals surface area contributed by atoms with Gasteiger partial charge < -0.3 is 95.7 Å². The number of aromatic hydroxyl groups is 1. The van der Waals surface area contributed by atoms with Crippen LogP contribution in [0.3, 0.4) is 0 Å². The maximum atomic E-state index is 15.2. The third-order valence-electron chi connectivity index (χ3n) is 20.1. The fourth-order valence-electron chi connectivity index (χ4n) is 14.0. The first-order chi connectivity index (χ1) is 55.0. The third kappa shape index (κ3) is 28.4. The van der Waals surface area contributed by atoms with Crippen LogP contribution in [0.2, 0.25) is 5.02 Å². The molecule has 0 aliphatic carbocycles. The summed E-state index contributed by atoms with van der Waals surface area (Å²) in [6.45, 7) is 5.53. The highest BCUT2D eigenvalue weighted by Crippen LogP contribution is 2.33. The second-order valence-corrected chi connectivity index (χ2v) is 31.4. The number of urea groups is 1. The summed E-state index contributed by atoms with van der Waals surface area (Å²) in [5.74, 6) is -9.22. The van der Waals surface area contributed by atoms with Gasteiger partial charge in [-0.15, -0.1) is 0 Å². The predicted molar refractivity (Wildman–Crippen MR) is 432 cm³/mol. The summed E-state index contributed by atoms with van der Waals surface area (Å²) in [4.78, 5) is 188. The number of benzene rings is 4. The zero-order valence-electron chi connectivity index (χ0n) is 64.9. The lowest BCUT2D eigenvalue weighted by Crippen LogP contribution is -2.61. The molecule has 3 aliphatic rings. The van der Waals surface area contributed by atoms with Crippen LogP contribution in [0, 0.1) is 11.3 Å². The second kappa shape index (κ2) is 44.5. The Labute approximate surface area is 676 Å². The Hall–Kier alpha value is -11.1. The molecule has 115 heavy (non-hydrogen) atoms. The number of hydrogen-bond donors (Lipinski definition) is 18. The van der Waals surface area contributed by atoms with Crippen LogP contribution in [-0.4, -0.2) is 213 Å². The molecule has 20 N–H and O–H groups in total. The van der Waals surface area contributed by atoms with Crippen LogP contribution in [0.25, 0.3) is 10.8 Å². The molecular formula is C80H107ClN18O15S. The number of halogens is 1. The lowest BCUT2D eigenvalue weighted by Gasteiger charge is -2.31. The van der Waals surface area contributed by atoms with Gasteiger partial charge in [0.25, 0.3) is 0 Å². The predicted octanol–water partition coefficient (Wildman–Crippen LogP) is 1.06. The molecule has 35 heteroatoms. The van der Waals surface area contributed by atoms with Gasteiger partial charge in [0.1, 0.15) is 66.2 Å². The lowest BCUT2D eigenvalue weighted by molar-refractivity contribution is -0.142. The Balaban J connectivity index is 1.02. The van der Waals surface area contributed by atoms with E-state index in [9.17, 15) is 63.0 Å². The smallest absolute Gasteiger partial charge is 0.315 e. The van der Waals surface area contributed by atoms with E-state index in [4.69, 9.17) is 28.5 Å². The molecule has 13 atom stereocenters. The molecule has 3 aliphatic heterocycles. The topological polar surface area (TPSA) is 511 Å². The number of thioether (sulfide) groups is 1. The molecule has 5 aromatic rings. The van der Waals surface area contributed by atoms with E-state index in [1.54, 1.807) is 62.0 Å². The van der Waals surface area contributed by atoms with Crippen molar-refractivity contribution in [1.82, 2.24) is 79.0 Å². The average molecular weight is 1630 g/mol. The number of primary amides is 1. The van der Waals surface area contributed by atoms with E-state index < -0.39 is 132 Å². The van der Waals surface area contributed by atoms with Crippen molar-refractivity contribution in [1.29, 1.82) is 5.41 Å². The molecule has 0 bridgehead atoms. The van der Waals surface area contributed by atoms with E-state index in [1.165, 1.54) is 55.4 Å². The van der Waals surface area contributed by atoms with Crippen molar-refractivity contribution in [2.24, 2.45) is 17.4 Å². The van der Waals surface area contributed by atoms with Crippen LogP contribution in [0.15, 0.2) is 116 Å². The number of aliphatic hydroxyl groups excluding tert-OH is 1. The minimum atomic E-state index is -1.86. The molecule has 4 heterocycles. The number of phenolic OH excluding ortho intramolecular Hbond substituents is 1. The number of unbranched alkanes of at least 4 members (excludes halogenated alkanes) is 2.